The molecule has 15 heavy (non-hydrogen) atoms. The van der Waals surface area contributed by atoms with Gasteiger partial charge in [0, 0.05) is 12.2 Å². The summed E-state index contributed by atoms with van der Waals surface area (Å²) in [4.78, 5) is 15.7. The Bertz CT molecular complexity index is 337. The van der Waals surface area contributed by atoms with Gasteiger partial charge >= 0.3 is 5.97 Å². The van der Waals surface area contributed by atoms with Crippen LogP contribution < -0.4 is 5.32 Å². The molecule has 0 aliphatic rings. The van der Waals surface area contributed by atoms with E-state index in [4.69, 9.17) is 4.74 Å². The number of pyridine rings is 1. The predicted molar refractivity (Wildman–Crippen MR) is 59.0 cm³/mol. The fraction of sp³-hybridized carbons (Fsp3) is 0.455. The van der Waals surface area contributed by atoms with Crippen LogP contribution in [0.3, 0.4) is 0 Å². The van der Waals surface area contributed by atoms with Gasteiger partial charge < -0.3 is 10.1 Å². The molecule has 0 unspecified atom stereocenters. The van der Waals surface area contributed by atoms with Crippen molar-refractivity contribution in [2.24, 2.45) is 0 Å². The molecule has 0 saturated carbocycles. The van der Waals surface area contributed by atoms with Crippen molar-refractivity contribution in [1.82, 2.24) is 4.98 Å². The number of rotatable bonds is 4. The number of anilines is 1. The van der Waals surface area contributed by atoms with Gasteiger partial charge in [-0.3, -0.25) is 0 Å². The highest BCUT2D eigenvalue weighted by Crippen LogP contribution is 2.13. The lowest BCUT2D eigenvalue weighted by molar-refractivity contribution is 0.0527. The van der Waals surface area contributed by atoms with Gasteiger partial charge in [0.1, 0.15) is 11.4 Å². The molecule has 1 heterocycles. The lowest BCUT2D eigenvalue weighted by atomic mass is 10.2. The van der Waals surface area contributed by atoms with E-state index in [1.165, 1.54) is 0 Å². The Morgan fingerprint density at radius 1 is 1.60 bits per heavy atom. The van der Waals surface area contributed by atoms with Crippen molar-refractivity contribution in [3.8, 4) is 0 Å². The van der Waals surface area contributed by atoms with Crippen molar-refractivity contribution in [3.05, 3.63) is 23.9 Å². The Hall–Kier alpha value is -1.58. The molecule has 1 N–H and O–H groups in total. The molecule has 1 aromatic rings. The van der Waals surface area contributed by atoms with Crippen LogP contribution in [0.2, 0.25) is 0 Å². The van der Waals surface area contributed by atoms with E-state index >= 15 is 0 Å². The Morgan fingerprint density at radius 2 is 2.33 bits per heavy atom. The van der Waals surface area contributed by atoms with E-state index < -0.39 is 0 Å². The van der Waals surface area contributed by atoms with Gasteiger partial charge in [0.15, 0.2) is 0 Å². The number of ether oxygens (including phenoxy) is 1. The maximum atomic E-state index is 11.5. The van der Waals surface area contributed by atoms with Crippen LogP contribution in [0, 0.1) is 0 Å². The molecule has 0 aliphatic carbocycles. The zero-order valence-corrected chi connectivity index (χ0v) is 9.28. The van der Waals surface area contributed by atoms with E-state index in [-0.39, 0.29) is 12.0 Å². The molecule has 0 atom stereocenters. The highest BCUT2D eigenvalue weighted by atomic mass is 16.5. The van der Waals surface area contributed by atoms with Crippen molar-refractivity contribution in [2.75, 3.05) is 11.9 Å². The van der Waals surface area contributed by atoms with Crippen LogP contribution in [-0.2, 0) is 4.74 Å². The second-order valence-electron chi connectivity index (χ2n) is 3.42. The number of aromatic nitrogens is 1. The first-order chi connectivity index (χ1) is 7.15. The number of carbonyl (C=O) groups is 1. The van der Waals surface area contributed by atoms with E-state index in [0.29, 0.717) is 18.0 Å². The Labute approximate surface area is 89.7 Å². The van der Waals surface area contributed by atoms with Crippen LogP contribution in [0.15, 0.2) is 18.3 Å². The lowest BCUT2D eigenvalue weighted by Gasteiger charge is -2.12. The summed E-state index contributed by atoms with van der Waals surface area (Å²) in [5.41, 5.74) is 0.480. The quantitative estimate of drug-likeness (QED) is 0.770. The molecular formula is C11H16N2O2. The van der Waals surface area contributed by atoms with Crippen LogP contribution in [0.5, 0.6) is 0 Å². The van der Waals surface area contributed by atoms with Gasteiger partial charge in [-0.2, -0.15) is 0 Å². The summed E-state index contributed by atoms with van der Waals surface area (Å²) in [7, 11) is 0. The van der Waals surface area contributed by atoms with E-state index in [1.807, 2.05) is 13.8 Å². The number of esters is 1. The normalized spacial score (nSPS) is 10.1. The fourth-order valence-corrected chi connectivity index (χ4v) is 1.17. The molecule has 4 heteroatoms. The van der Waals surface area contributed by atoms with Crippen LogP contribution in [0.1, 0.15) is 31.1 Å². The molecule has 0 aromatic carbocycles. The van der Waals surface area contributed by atoms with Crippen molar-refractivity contribution in [1.29, 1.82) is 0 Å². The van der Waals surface area contributed by atoms with Gasteiger partial charge in [0.25, 0.3) is 0 Å². The van der Waals surface area contributed by atoms with Crippen molar-refractivity contribution < 1.29 is 9.53 Å². The Balaban J connectivity index is 2.90. The van der Waals surface area contributed by atoms with Gasteiger partial charge in [-0.1, -0.05) is 0 Å². The number of hydrogen-bond donors (Lipinski definition) is 1. The summed E-state index contributed by atoms with van der Waals surface area (Å²) in [5.74, 6) is 0.236. The minimum absolute atomic E-state index is 0.230. The molecule has 0 spiro atoms. The molecule has 0 aliphatic heterocycles. The maximum absolute atomic E-state index is 11.5. The van der Waals surface area contributed by atoms with Gasteiger partial charge in [0.2, 0.25) is 0 Å². The SMILES string of the molecule is CCOC(=O)c1cccnc1NC(C)C. The van der Waals surface area contributed by atoms with E-state index in [1.54, 1.807) is 25.3 Å². The van der Waals surface area contributed by atoms with Crippen LogP contribution in [-0.4, -0.2) is 23.6 Å². The van der Waals surface area contributed by atoms with Crippen molar-refractivity contribution >= 4 is 11.8 Å². The zero-order valence-electron chi connectivity index (χ0n) is 9.28. The minimum atomic E-state index is -0.339. The highest BCUT2D eigenvalue weighted by molar-refractivity contribution is 5.94. The number of hydrogen-bond acceptors (Lipinski definition) is 4. The van der Waals surface area contributed by atoms with E-state index in [9.17, 15) is 4.79 Å². The maximum Gasteiger partial charge on any atom is 0.341 e. The number of carbonyl (C=O) groups excluding carboxylic acids is 1. The summed E-state index contributed by atoms with van der Waals surface area (Å²) in [6.07, 6.45) is 1.65. The summed E-state index contributed by atoms with van der Waals surface area (Å²) >= 11 is 0. The average Bonchev–Trinajstić information content (AvgIpc) is 2.18. The van der Waals surface area contributed by atoms with Crippen LogP contribution >= 0.6 is 0 Å². The van der Waals surface area contributed by atoms with Gasteiger partial charge in [-0.25, -0.2) is 9.78 Å². The van der Waals surface area contributed by atoms with E-state index in [0.717, 1.165) is 0 Å². The molecule has 4 nitrogen and oxygen atoms in total. The van der Waals surface area contributed by atoms with Crippen LogP contribution in [0.4, 0.5) is 5.82 Å². The molecule has 0 saturated heterocycles. The van der Waals surface area contributed by atoms with Crippen LogP contribution in [0.25, 0.3) is 0 Å². The topological polar surface area (TPSA) is 51.2 Å². The smallest absolute Gasteiger partial charge is 0.341 e. The van der Waals surface area contributed by atoms with Gasteiger partial charge in [-0.05, 0) is 32.9 Å². The Kier molecular flexibility index (Phi) is 4.09. The summed E-state index contributed by atoms with van der Waals surface area (Å²) < 4.78 is 4.93. The molecule has 1 rings (SSSR count). The first-order valence-corrected chi connectivity index (χ1v) is 5.03. The fourth-order valence-electron chi connectivity index (χ4n) is 1.17. The lowest BCUT2D eigenvalue weighted by Crippen LogP contribution is -2.16. The van der Waals surface area contributed by atoms with Crippen molar-refractivity contribution in [2.45, 2.75) is 26.8 Å². The number of nitrogens with zero attached hydrogens (tertiary/aromatic N) is 1. The standard InChI is InChI=1S/C11H16N2O2/c1-4-15-11(14)9-6-5-7-12-10(9)13-8(2)3/h5-8H,4H2,1-3H3,(H,12,13). The third-order valence-corrected chi connectivity index (χ3v) is 1.73. The summed E-state index contributed by atoms with van der Waals surface area (Å²) in [6.45, 7) is 6.13. The first kappa shape index (κ1) is 11.5. The third kappa shape index (κ3) is 3.23. The highest BCUT2D eigenvalue weighted by Gasteiger charge is 2.13. The molecule has 0 fully saturated rings. The summed E-state index contributed by atoms with van der Waals surface area (Å²) in [5, 5.41) is 3.10. The first-order valence-electron chi connectivity index (χ1n) is 5.03. The molecule has 82 valence electrons. The molecule has 1 aromatic heterocycles. The minimum Gasteiger partial charge on any atom is -0.462 e. The average molecular weight is 208 g/mol. The molecule has 0 radical (unpaired) electrons. The monoisotopic (exact) mass is 208 g/mol. The molecular weight excluding hydrogens is 192 g/mol. The predicted octanol–water partition coefficient (Wildman–Crippen LogP) is 2.08. The largest absolute Gasteiger partial charge is 0.462 e. The van der Waals surface area contributed by atoms with E-state index in [2.05, 4.69) is 10.3 Å². The van der Waals surface area contributed by atoms with Gasteiger partial charge in [-0.15, -0.1) is 0 Å². The second kappa shape index (κ2) is 5.34. The summed E-state index contributed by atoms with van der Waals surface area (Å²) in [6, 6.07) is 3.65. The van der Waals surface area contributed by atoms with Gasteiger partial charge in [0.05, 0.1) is 6.61 Å². The number of nitrogens with one attached hydrogen (secondary N) is 1. The zero-order chi connectivity index (χ0) is 11.3. The molecule has 0 amide bonds. The second-order valence-corrected chi connectivity index (χ2v) is 3.42. The molecule has 0 bridgehead atoms. The third-order valence-electron chi connectivity index (χ3n) is 1.73. The Morgan fingerprint density at radius 3 is 2.93 bits per heavy atom. The van der Waals surface area contributed by atoms with Crippen molar-refractivity contribution in [3.63, 3.8) is 0 Å².